The Labute approximate surface area is 128 Å². The topological polar surface area (TPSA) is 89.3 Å². The van der Waals surface area contributed by atoms with Crippen molar-refractivity contribution < 1.29 is 17.6 Å². The number of nitrogens with two attached hydrogens (primary N) is 1. The van der Waals surface area contributed by atoms with Gasteiger partial charge < -0.3 is 5.73 Å². The summed E-state index contributed by atoms with van der Waals surface area (Å²) in [5, 5.41) is 0. The molecule has 0 aliphatic carbocycles. The summed E-state index contributed by atoms with van der Waals surface area (Å²) in [5.41, 5.74) is 6.04. The maximum atomic E-state index is 12.9. The standard InChI is InChI=1S/C15H15FN2O3S/c16-12-6-8-13(9-7-12)22(20,21)18-14(15(17)19)10-11-4-2-1-3-5-11/h1-9,14,18H,10H2,(H2,17,19)/t14-/m1/s1. The number of halogens is 1. The van der Waals surface area contributed by atoms with Crippen LogP contribution in [0, 0.1) is 5.82 Å². The molecular weight excluding hydrogens is 307 g/mol. The molecule has 0 bridgehead atoms. The maximum Gasteiger partial charge on any atom is 0.241 e. The number of rotatable bonds is 6. The van der Waals surface area contributed by atoms with Crippen LogP contribution in [0.25, 0.3) is 0 Å². The fourth-order valence-corrected chi connectivity index (χ4v) is 3.12. The molecule has 3 N–H and O–H groups in total. The molecule has 2 aromatic rings. The van der Waals surface area contributed by atoms with Crippen molar-refractivity contribution in [2.75, 3.05) is 0 Å². The number of carbonyl (C=O) groups excluding carboxylic acids is 1. The zero-order valence-corrected chi connectivity index (χ0v) is 12.4. The molecule has 2 rings (SSSR count). The second-order valence-electron chi connectivity index (χ2n) is 4.72. The zero-order chi connectivity index (χ0) is 16.2. The number of hydrogen-bond donors (Lipinski definition) is 2. The number of hydrogen-bond acceptors (Lipinski definition) is 3. The van der Waals surface area contributed by atoms with Crippen LogP contribution in [0.15, 0.2) is 59.5 Å². The van der Waals surface area contributed by atoms with Gasteiger partial charge in [-0.25, -0.2) is 12.8 Å². The van der Waals surface area contributed by atoms with E-state index in [0.29, 0.717) is 0 Å². The molecule has 0 aliphatic rings. The fraction of sp³-hybridized carbons (Fsp3) is 0.133. The Morgan fingerprint density at radius 2 is 1.68 bits per heavy atom. The van der Waals surface area contributed by atoms with Crippen LogP contribution in [-0.2, 0) is 21.2 Å². The van der Waals surface area contributed by atoms with Gasteiger partial charge in [0.25, 0.3) is 0 Å². The molecule has 5 nitrogen and oxygen atoms in total. The highest BCUT2D eigenvalue weighted by Crippen LogP contribution is 2.12. The Kier molecular flexibility index (Phi) is 4.89. The lowest BCUT2D eigenvalue weighted by molar-refractivity contribution is -0.119. The SMILES string of the molecule is NC(=O)[C@@H](Cc1ccccc1)NS(=O)(=O)c1ccc(F)cc1. The predicted molar refractivity (Wildman–Crippen MR) is 79.8 cm³/mol. The van der Waals surface area contributed by atoms with Crippen LogP contribution in [0.5, 0.6) is 0 Å². The summed E-state index contributed by atoms with van der Waals surface area (Å²) in [5.74, 6) is -1.33. The van der Waals surface area contributed by atoms with Crippen molar-refractivity contribution in [3.63, 3.8) is 0 Å². The zero-order valence-electron chi connectivity index (χ0n) is 11.6. The summed E-state index contributed by atoms with van der Waals surface area (Å²) >= 11 is 0. The van der Waals surface area contributed by atoms with Crippen molar-refractivity contribution in [3.8, 4) is 0 Å². The van der Waals surface area contributed by atoms with E-state index in [2.05, 4.69) is 4.72 Å². The predicted octanol–water partition coefficient (Wildman–Crippen LogP) is 1.20. The molecule has 0 spiro atoms. The first-order valence-electron chi connectivity index (χ1n) is 6.49. The van der Waals surface area contributed by atoms with Gasteiger partial charge in [-0.2, -0.15) is 4.72 Å². The minimum atomic E-state index is -3.96. The van der Waals surface area contributed by atoms with Gasteiger partial charge in [0.05, 0.1) is 4.90 Å². The van der Waals surface area contributed by atoms with Crippen LogP contribution in [0.1, 0.15) is 5.56 Å². The molecule has 7 heteroatoms. The molecule has 0 radical (unpaired) electrons. The first-order valence-corrected chi connectivity index (χ1v) is 7.98. The highest BCUT2D eigenvalue weighted by atomic mass is 32.2. The largest absolute Gasteiger partial charge is 0.368 e. The van der Waals surface area contributed by atoms with Gasteiger partial charge in [0.2, 0.25) is 15.9 Å². The summed E-state index contributed by atoms with van der Waals surface area (Å²) in [6.45, 7) is 0. The first-order chi connectivity index (χ1) is 10.4. The Hall–Kier alpha value is -2.25. The normalized spacial score (nSPS) is 12.8. The molecule has 0 aromatic heterocycles. The third-order valence-corrected chi connectivity index (χ3v) is 4.54. The van der Waals surface area contributed by atoms with Gasteiger partial charge in [0.15, 0.2) is 0 Å². The van der Waals surface area contributed by atoms with Crippen molar-refractivity contribution in [2.24, 2.45) is 5.73 Å². The lowest BCUT2D eigenvalue weighted by Gasteiger charge is -2.16. The van der Waals surface area contributed by atoms with Crippen LogP contribution < -0.4 is 10.5 Å². The summed E-state index contributed by atoms with van der Waals surface area (Å²) in [6, 6.07) is 12.1. The minimum Gasteiger partial charge on any atom is -0.368 e. The molecule has 0 aliphatic heterocycles. The Balaban J connectivity index is 2.20. The maximum absolute atomic E-state index is 12.9. The van der Waals surface area contributed by atoms with Crippen LogP contribution in [-0.4, -0.2) is 20.4 Å². The van der Waals surface area contributed by atoms with Gasteiger partial charge in [-0.15, -0.1) is 0 Å². The van der Waals surface area contributed by atoms with Gasteiger partial charge in [0, 0.05) is 0 Å². The summed E-state index contributed by atoms with van der Waals surface area (Å²) in [4.78, 5) is 11.4. The van der Waals surface area contributed by atoms with Crippen molar-refractivity contribution in [3.05, 3.63) is 66.0 Å². The fourth-order valence-electron chi connectivity index (χ4n) is 1.92. The molecule has 0 saturated heterocycles. The van der Waals surface area contributed by atoms with Crippen LogP contribution >= 0.6 is 0 Å². The molecule has 22 heavy (non-hydrogen) atoms. The number of amides is 1. The van der Waals surface area contributed by atoms with Crippen LogP contribution in [0.3, 0.4) is 0 Å². The molecule has 0 fully saturated rings. The van der Waals surface area contributed by atoms with E-state index in [-0.39, 0.29) is 11.3 Å². The summed E-state index contributed by atoms with van der Waals surface area (Å²) in [7, 11) is -3.96. The monoisotopic (exact) mass is 322 g/mol. The Morgan fingerprint density at radius 1 is 1.09 bits per heavy atom. The average molecular weight is 322 g/mol. The molecule has 0 saturated carbocycles. The highest BCUT2D eigenvalue weighted by Gasteiger charge is 2.24. The van der Waals surface area contributed by atoms with E-state index in [9.17, 15) is 17.6 Å². The first kappa shape index (κ1) is 16.1. The highest BCUT2D eigenvalue weighted by molar-refractivity contribution is 7.89. The molecule has 1 atom stereocenters. The van der Waals surface area contributed by atoms with Gasteiger partial charge in [-0.1, -0.05) is 30.3 Å². The third-order valence-electron chi connectivity index (χ3n) is 3.05. The molecule has 0 unspecified atom stereocenters. The van der Waals surface area contributed by atoms with Crippen molar-refractivity contribution in [1.29, 1.82) is 0 Å². The number of sulfonamides is 1. The van der Waals surface area contributed by atoms with Crippen LogP contribution in [0.2, 0.25) is 0 Å². The summed E-state index contributed by atoms with van der Waals surface area (Å²) in [6.07, 6.45) is 0.136. The Bertz CT molecular complexity index is 746. The number of benzene rings is 2. The van der Waals surface area contributed by atoms with E-state index >= 15 is 0 Å². The van der Waals surface area contributed by atoms with Gasteiger partial charge >= 0.3 is 0 Å². The van der Waals surface area contributed by atoms with Crippen molar-refractivity contribution >= 4 is 15.9 Å². The smallest absolute Gasteiger partial charge is 0.241 e. The van der Waals surface area contributed by atoms with E-state index in [1.807, 2.05) is 6.07 Å². The second-order valence-corrected chi connectivity index (χ2v) is 6.43. The van der Waals surface area contributed by atoms with Crippen molar-refractivity contribution in [1.82, 2.24) is 4.72 Å². The molecule has 0 heterocycles. The van der Waals surface area contributed by atoms with Crippen LogP contribution in [0.4, 0.5) is 4.39 Å². The Morgan fingerprint density at radius 3 is 2.23 bits per heavy atom. The van der Waals surface area contributed by atoms with E-state index in [1.165, 1.54) is 0 Å². The number of primary amides is 1. The minimum absolute atomic E-state index is 0.131. The summed E-state index contributed by atoms with van der Waals surface area (Å²) < 4.78 is 39.5. The van der Waals surface area contributed by atoms with E-state index in [0.717, 1.165) is 29.8 Å². The number of nitrogens with one attached hydrogen (secondary N) is 1. The molecule has 1 amide bonds. The van der Waals surface area contributed by atoms with E-state index in [1.54, 1.807) is 24.3 Å². The van der Waals surface area contributed by atoms with Crippen molar-refractivity contribution in [2.45, 2.75) is 17.4 Å². The third kappa shape index (κ3) is 4.12. The molecule has 2 aromatic carbocycles. The second kappa shape index (κ2) is 6.67. The van der Waals surface area contributed by atoms with E-state index < -0.39 is 27.8 Å². The molecule has 116 valence electrons. The average Bonchev–Trinajstić information content (AvgIpc) is 2.48. The van der Waals surface area contributed by atoms with Gasteiger partial charge in [0.1, 0.15) is 11.9 Å². The lowest BCUT2D eigenvalue weighted by Crippen LogP contribution is -2.45. The molecular formula is C15H15FN2O3S. The van der Waals surface area contributed by atoms with Gasteiger partial charge in [-0.05, 0) is 36.2 Å². The quantitative estimate of drug-likeness (QED) is 0.837. The van der Waals surface area contributed by atoms with Gasteiger partial charge in [-0.3, -0.25) is 4.79 Å². The van der Waals surface area contributed by atoms with E-state index in [4.69, 9.17) is 5.73 Å². The lowest BCUT2D eigenvalue weighted by atomic mass is 10.1. The number of carbonyl (C=O) groups is 1.